The van der Waals surface area contributed by atoms with Crippen molar-refractivity contribution in [3.8, 4) is 0 Å². The number of hydrogen-bond donors (Lipinski definition) is 2. The minimum atomic E-state index is -1.18. The van der Waals surface area contributed by atoms with E-state index in [2.05, 4.69) is 37.6 Å². The summed E-state index contributed by atoms with van der Waals surface area (Å²) in [5.74, 6) is 1.21. The largest absolute Gasteiger partial charge is 0.369 e. The smallest absolute Gasteiger partial charge is 0.229 e. The molecule has 3 heterocycles. The van der Waals surface area contributed by atoms with Crippen LogP contribution in [0.3, 0.4) is 0 Å². The average molecular weight is 385 g/mol. The first-order chi connectivity index (χ1) is 13.2. The van der Waals surface area contributed by atoms with Gasteiger partial charge in [-0.3, -0.25) is 4.31 Å². The summed E-state index contributed by atoms with van der Waals surface area (Å²) in [5, 5.41) is 6.62. The summed E-state index contributed by atoms with van der Waals surface area (Å²) in [6.45, 7) is 8.56. The Kier molecular flexibility index (Phi) is 5.09. The monoisotopic (exact) mass is 384 g/mol. The van der Waals surface area contributed by atoms with Crippen molar-refractivity contribution >= 4 is 40.2 Å². The lowest BCUT2D eigenvalue weighted by Gasteiger charge is -2.29. The Hall–Kier alpha value is -2.45. The first kappa shape index (κ1) is 17.9. The van der Waals surface area contributed by atoms with Crippen molar-refractivity contribution < 1.29 is 4.21 Å². The first-order valence-electron chi connectivity index (χ1n) is 9.23. The van der Waals surface area contributed by atoms with Gasteiger partial charge in [0.2, 0.25) is 5.95 Å². The van der Waals surface area contributed by atoms with E-state index in [1.165, 1.54) is 5.69 Å². The van der Waals surface area contributed by atoms with Gasteiger partial charge in [-0.2, -0.15) is 4.98 Å². The summed E-state index contributed by atoms with van der Waals surface area (Å²) in [4.78, 5) is 12.2. The molecule has 142 valence electrons. The molecular weight excluding hydrogens is 360 g/mol. The zero-order valence-electron chi connectivity index (χ0n) is 15.6. The molecule has 8 heteroatoms. The molecule has 0 aliphatic carbocycles. The summed E-state index contributed by atoms with van der Waals surface area (Å²) in [6, 6.07) is 8.32. The van der Waals surface area contributed by atoms with Crippen molar-refractivity contribution in [2.24, 2.45) is 0 Å². The van der Waals surface area contributed by atoms with Crippen LogP contribution in [0.2, 0.25) is 0 Å². The predicted octanol–water partition coefficient (Wildman–Crippen LogP) is 2.49. The lowest BCUT2D eigenvalue weighted by molar-refractivity contribution is 0.589. The van der Waals surface area contributed by atoms with Gasteiger partial charge in [-0.15, -0.1) is 0 Å². The van der Waals surface area contributed by atoms with Crippen molar-refractivity contribution in [2.45, 2.75) is 13.8 Å². The highest BCUT2D eigenvalue weighted by atomic mass is 32.2. The molecule has 1 aromatic carbocycles. The van der Waals surface area contributed by atoms with Crippen LogP contribution >= 0.6 is 0 Å². The van der Waals surface area contributed by atoms with E-state index in [1.807, 2.05) is 32.1 Å². The van der Waals surface area contributed by atoms with Crippen LogP contribution in [0.15, 0.2) is 35.4 Å². The van der Waals surface area contributed by atoms with Crippen LogP contribution in [0.4, 0.5) is 23.1 Å². The van der Waals surface area contributed by atoms with Gasteiger partial charge in [0.1, 0.15) is 11.0 Å². The second-order valence-electron chi connectivity index (χ2n) is 6.58. The number of hydrogen-bond acceptors (Lipinski definition) is 6. The normalized spacial score (nSPS) is 19.5. The zero-order chi connectivity index (χ0) is 18.8. The van der Waals surface area contributed by atoms with Gasteiger partial charge in [0.25, 0.3) is 0 Å². The number of anilines is 4. The first-order valence-corrected chi connectivity index (χ1v) is 10.3. The van der Waals surface area contributed by atoms with Gasteiger partial charge >= 0.3 is 0 Å². The Morgan fingerprint density at radius 3 is 2.67 bits per heavy atom. The maximum absolute atomic E-state index is 12.5. The fourth-order valence-corrected chi connectivity index (χ4v) is 4.45. The molecule has 2 aliphatic heterocycles. The zero-order valence-corrected chi connectivity index (χ0v) is 16.4. The second-order valence-corrected chi connectivity index (χ2v) is 8.16. The Morgan fingerprint density at radius 1 is 1.22 bits per heavy atom. The van der Waals surface area contributed by atoms with E-state index in [0.717, 1.165) is 42.3 Å². The lowest BCUT2D eigenvalue weighted by Crippen LogP contribution is -2.43. The molecule has 0 radical (unpaired) electrons. The van der Waals surface area contributed by atoms with Crippen molar-refractivity contribution in [1.82, 2.24) is 15.3 Å². The lowest BCUT2D eigenvalue weighted by atomic mass is 10.2. The Morgan fingerprint density at radius 2 is 1.96 bits per heavy atom. The van der Waals surface area contributed by atoms with Crippen LogP contribution in [-0.4, -0.2) is 46.9 Å². The van der Waals surface area contributed by atoms with Gasteiger partial charge in [-0.1, -0.05) is 0 Å². The number of allylic oxidation sites excluding steroid dienone is 1. The standard InChI is InChI=1S/C19H24N6OS/c1-3-25-18-15(12-14(2)27(25)26)13-21-19(23-18)22-16-4-6-17(7-5-16)24-10-8-20-9-11-24/h4-7,12-13,20H,3,8-11H2,1-2H3,(H,21,22,23). The van der Waals surface area contributed by atoms with E-state index in [4.69, 9.17) is 0 Å². The van der Waals surface area contributed by atoms with Gasteiger partial charge in [-0.25, -0.2) is 9.19 Å². The molecule has 0 amide bonds. The minimum absolute atomic E-state index is 0.507. The molecule has 27 heavy (non-hydrogen) atoms. The van der Waals surface area contributed by atoms with Gasteiger partial charge in [-0.05, 0) is 44.2 Å². The Labute approximate surface area is 162 Å². The number of rotatable bonds is 4. The van der Waals surface area contributed by atoms with E-state index in [-0.39, 0.29) is 0 Å². The third-order valence-corrected chi connectivity index (χ3v) is 6.26. The number of nitrogens with one attached hydrogen (secondary N) is 2. The molecule has 2 aliphatic rings. The number of benzene rings is 1. The van der Waals surface area contributed by atoms with Crippen LogP contribution in [0.25, 0.3) is 6.08 Å². The topological polar surface area (TPSA) is 73.4 Å². The Balaban J connectivity index is 1.53. The maximum atomic E-state index is 12.5. The fourth-order valence-electron chi connectivity index (χ4n) is 3.34. The van der Waals surface area contributed by atoms with E-state index in [0.29, 0.717) is 18.3 Å². The van der Waals surface area contributed by atoms with Crippen LogP contribution in [-0.2, 0) is 11.0 Å². The predicted molar refractivity (Wildman–Crippen MR) is 112 cm³/mol. The van der Waals surface area contributed by atoms with Crippen molar-refractivity contribution in [3.05, 3.63) is 40.9 Å². The van der Waals surface area contributed by atoms with E-state index in [9.17, 15) is 4.21 Å². The number of piperazine rings is 1. The molecule has 0 spiro atoms. The average Bonchev–Trinajstić information content (AvgIpc) is 2.71. The summed E-state index contributed by atoms with van der Waals surface area (Å²) in [6.07, 6.45) is 3.67. The minimum Gasteiger partial charge on any atom is -0.369 e. The summed E-state index contributed by atoms with van der Waals surface area (Å²) in [5.41, 5.74) is 3.05. The molecule has 7 nitrogen and oxygen atoms in total. The highest BCUT2D eigenvalue weighted by molar-refractivity contribution is 7.90. The fraction of sp³-hybridized carbons (Fsp3) is 0.368. The SMILES string of the molecule is CCN1c2nc(Nc3ccc(N4CCNCC4)cc3)ncc2C=C(C)S1=O. The summed E-state index contributed by atoms with van der Waals surface area (Å²) >= 11 is 0. The quantitative estimate of drug-likeness (QED) is 0.844. The van der Waals surface area contributed by atoms with E-state index < -0.39 is 11.0 Å². The summed E-state index contributed by atoms with van der Waals surface area (Å²) in [7, 11) is -1.18. The Bertz CT molecular complexity index is 876. The van der Waals surface area contributed by atoms with Crippen LogP contribution < -0.4 is 19.8 Å². The number of nitrogens with zero attached hydrogens (tertiary/aromatic N) is 4. The molecule has 2 N–H and O–H groups in total. The molecule has 0 saturated carbocycles. The highest BCUT2D eigenvalue weighted by Gasteiger charge is 2.24. The molecular formula is C19H24N6OS. The maximum Gasteiger partial charge on any atom is 0.229 e. The van der Waals surface area contributed by atoms with Crippen molar-refractivity contribution in [2.75, 3.05) is 47.2 Å². The van der Waals surface area contributed by atoms with E-state index in [1.54, 1.807) is 10.5 Å². The van der Waals surface area contributed by atoms with E-state index >= 15 is 0 Å². The molecule has 1 aromatic heterocycles. The molecule has 2 aromatic rings. The van der Waals surface area contributed by atoms with Gasteiger partial charge in [0, 0.05) is 60.8 Å². The third-order valence-electron chi connectivity index (χ3n) is 4.76. The molecule has 4 rings (SSSR count). The summed E-state index contributed by atoms with van der Waals surface area (Å²) < 4.78 is 14.3. The van der Waals surface area contributed by atoms with Crippen LogP contribution in [0.5, 0.6) is 0 Å². The van der Waals surface area contributed by atoms with Gasteiger partial charge < -0.3 is 15.5 Å². The number of fused-ring (bicyclic) bond motifs is 1. The molecule has 1 saturated heterocycles. The van der Waals surface area contributed by atoms with Crippen molar-refractivity contribution in [1.29, 1.82) is 0 Å². The molecule has 1 atom stereocenters. The molecule has 0 bridgehead atoms. The second kappa shape index (κ2) is 7.66. The highest BCUT2D eigenvalue weighted by Crippen LogP contribution is 2.30. The van der Waals surface area contributed by atoms with Crippen molar-refractivity contribution in [3.63, 3.8) is 0 Å². The third kappa shape index (κ3) is 3.68. The van der Waals surface area contributed by atoms with Crippen LogP contribution in [0.1, 0.15) is 19.4 Å². The van der Waals surface area contributed by atoms with Crippen LogP contribution in [0, 0.1) is 0 Å². The number of aromatic nitrogens is 2. The molecule has 1 unspecified atom stereocenters. The van der Waals surface area contributed by atoms with Gasteiger partial charge in [0.05, 0.1) is 0 Å². The molecule has 1 fully saturated rings. The van der Waals surface area contributed by atoms with Gasteiger partial charge in [0.15, 0.2) is 5.82 Å².